The summed E-state index contributed by atoms with van der Waals surface area (Å²) < 4.78 is 18.9. The Kier molecular flexibility index (Phi) is 4.28. The van der Waals surface area contributed by atoms with Gasteiger partial charge in [0.25, 0.3) is 0 Å². The van der Waals surface area contributed by atoms with Gasteiger partial charge in [-0.1, -0.05) is 12.1 Å². The molecule has 0 saturated heterocycles. The van der Waals surface area contributed by atoms with Crippen LogP contribution in [0.5, 0.6) is 0 Å². The van der Waals surface area contributed by atoms with Crippen LogP contribution in [0.25, 0.3) is 0 Å². The minimum Gasteiger partial charge on any atom is -0.465 e. The summed E-state index contributed by atoms with van der Waals surface area (Å²) in [6.45, 7) is 2.30. The van der Waals surface area contributed by atoms with Crippen molar-refractivity contribution in [1.82, 2.24) is 0 Å². The number of anilines is 1. The van der Waals surface area contributed by atoms with Crippen molar-refractivity contribution in [3.8, 4) is 0 Å². The molecule has 0 radical (unpaired) electrons. The molecule has 1 saturated carbocycles. The highest BCUT2D eigenvalue weighted by molar-refractivity contribution is 5.82. The van der Waals surface area contributed by atoms with Crippen LogP contribution < -0.4 is 10.6 Å². The number of carbonyl (C=O) groups is 1. The van der Waals surface area contributed by atoms with E-state index in [2.05, 4.69) is 0 Å². The molecule has 2 rings (SSSR count). The van der Waals surface area contributed by atoms with Gasteiger partial charge < -0.3 is 15.4 Å². The molecule has 0 aliphatic heterocycles. The lowest BCUT2D eigenvalue weighted by Crippen LogP contribution is -2.58. The van der Waals surface area contributed by atoms with Gasteiger partial charge in [0.1, 0.15) is 11.4 Å². The number of benzene rings is 1. The third kappa shape index (κ3) is 2.93. The van der Waals surface area contributed by atoms with E-state index in [0.29, 0.717) is 12.3 Å². The summed E-state index contributed by atoms with van der Waals surface area (Å²) in [5.74, 6) is -0.599. The van der Waals surface area contributed by atoms with Crippen LogP contribution in [0.2, 0.25) is 0 Å². The molecule has 0 bridgehead atoms. The molecule has 1 aromatic rings. The van der Waals surface area contributed by atoms with Crippen LogP contribution in [0.15, 0.2) is 24.3 Å². The topological polar surface area (TPSA) is 55.6 Å². The van der Waals surface area contributed by atoms with E-state index in [0.717, 1.165) is 12.8 Å². The number of nitrogens with two attached hydrogens (primary N) is 1. The first-order valence-corrected chi connectivity index (χ1v) is 6.90. The second kappa shape index (κ2) is 5.79. The summed E-state index contributed by atoms with van der Waals surface area (Å²) in [7, 11) is 1.74. The van der Waals surface area contributed by atoms with Crippen LogP contribution in [-0.4, -0.2) is 31.7 Å². The Balaban J connectivity index is 2.16. The van der Waals surface area contributed by atoms with Crippen LogP contribution in [-0.2, 0) is 9.53 Å². The molecule has 110 valence electrons. The zero-order valence-electron chi connectivity index (χ0n) is 11.9. The zero-order valence-corrected chi connectivity index (χ0v) is 11.9. The molecule has 0 amide bonds. The van der Waals surface area contributed by atoms with E-state index in [-0.39, 0.29) is 18.3 Å². The van der Waals surface area contributed by atoms with Crippen molar-refractivity contribution in [3.05, 3.63) is 30.1 Å². The quantitative estimate of drug-likeness (QED) is 0.809. The van der Waals surface area contributed by atoms with E-state index in [9.17, 15) is 9.18 Å². The maximum atomic E-state index is 13.8. The van der Waals surface area contributed by atoms with Gasteiger partial charge in [-0.3, -0.25) is 0 Å². The molecule has 1 unspecified atom stereocenters. The average Bonchev–Trinajstić information content (AvgIpc) is 3.23. The lowest BCUT2D eigenvalue weighted by molar-refractivity contribution is -0.150. The third-order valence-electron chi connectivity index (χ3n) is 3.72. The molecule has 1 aliphatic carbocycles. The van der Waals surface area contributed by atoms with E-state index >= 15 is 0 Å². The van der Waals surface area contributed by atoms with Gasteiger partial charge >= 0.3 is 5.97 Å². The third-order valence-corrected chi connectivity index (χ3v) is 3.72. The molecular formula is C15H21FN2O2. The standard InChI is InChI=1S/C15H21FN2O2/c1-3-20-14(19)15(17,11-8-9-11)10-18(2)13-7-5-4-6-12(13)16/h4-7,11H,3,8-10,17H2,1-2H3. The molecule has 1 aromatic carbocycles. The van der Waals surface area contributed by atoms with Crippen molar-refractivity contribution in [3.63, 3.8) is 0 Å². The SMILES string of the molecule is CCOC(=O)C(N)(CN(C)c1ccccc1F)C1CC1. The van der Waals surface area contributed by atoms with Gasteiger partial charge in [0.15, 0.2) is 0 Å². The highest BCUT2D eigenvalue weighted by atomic mass is 19.1. The summed E-state index contributed by atoms with van der Waals surface area (Å²) in [6, 6.07) is 6.46. The second-order valence-corrected chi connectivity index (χ2v) is 5.34. The Morgan fingerprint density at radius 3 is 2.70 bits per heavy atom. The fraction of sp³-hybridized carbons (Fsp3) is 0.533. The van der Waals surface area contributed by atoms with Gasteiger partial charge in [-0.15, -0.1) is 0 Å². The molecule has 1 atom stereocenters. The molecule has 20 heavy (non-hydrogen) atoms. The van der Waals surface area contributed by atoms with Crippen LogP contribution in [0.3, 0.4) is 0 Å². The van der Waals surface area contributed by atoms with Gasteiger partial charge in [0.2, 0.25) is 0 Å². The normalized spacial score (nSPS) is 17.4. The summed E-state index contributed by atoms with van der Waals surface area (Å²) in [5, 5.41) is 0. The Hall–Kier alpha value is -1.62. The fourth-order valence-electron chi connectivity index (χ4n) is 2.46. The van der Waals surface area contributed by atoms with Gasteiger partial charge in [-0.05, 0) is 37.8 Å². The van der Waals surface area contributed by atoms with Gasteiger partial charge in [-0.2, -0.15) is 0 Å². The Labute approximate surface area is 118 Å². The molecule has 4 nitrogen and oxygen atoms in total. The number of likely N-dealkylation sites (N-methyl/N-ethyl adjacent to an activating group) is 1. The number of para-hydroxylation sites is 1. The highest BCUT2D eigenvalue weighted by Crippen LogP contribution is 2.40. The lowest BCUT2D eigenvalue weighted by atomic mass is 9.93. The predicted octanol–water partition coefficient (Wildman–Crippen LogP) is 1.93. The maximum Gasteiger partial charge on any atom is 0.328 e. The van der Waals surface area contributed by atoms with Crippen molar-refractivity contribution >= 4 is 11.7 Å². The molecular weight excluding hydrogens is 259 g/mol. The Morgan fingerprint density at radius 1 is 1.50 bits per heavy atom. The van der Waals surface area contributed by atoms with Crippen molar-refractivity contribution in [2.24, 2.45) is 11.7 Å². The number of halogens is 1. The Bertz CT molecular complexity index is 491. The monoisotopic (exact) mass is 280 g/mol. The molecule has 1 aliphatic rings. The van der Waals surface area contributed by atoms with E-state index in [1.165, 1.54) is 6.07 Å². The van der Waals surface area contributed by atoms with E-state index < -0.39 is 11.5 Å². The first-order chi connectivity index (χ1) is 9.49. The molecule has 0 spiro atoms. The van der Waals surface area contributed by atoms with Crippen LogP contribution in [0.4, 0.5) is 10.1 Å². The van der Waals surface area contributed by atoms with Crippen molar-refractivity contribution in [2.75, 3.05) is 25.1 Å². The maximum absolute atomic E-state index is 13.8. The van der Waals surface area contributed by atoms with Gasteiger partial charge in [0.05, 0.1) is 12.3 Å². The number of hydrogen-bond acceptors (Lipinski definition) is 4. The van der Waals surface area contributed by atoms with Gasteiger partial charge in [-0.25, -0.2) is 9.18 Å². The molecule has 1 fully saturated rings. The number of rotatable bonds is 6. The Morgan fingerprint density at radius 2 is 2.15 bits per heavy atom. The summed E-state index contributed by atoms with van der Waals surface area (Å²) in [6.07, 6.45) is 1.83. The largest absolute Gasteiger partial charge is 0.465 e. The molecule has 0 aromatic heterocycles. The molecule has 2 N–H and O–H groups in total. The second-order valence-electron chi connectivity index (χ2n) is 5.34. The molecule has 5 heteroatoms. The van der Waals surface area contributed by atoms with Gasteiger partial charge in [0, 0.05) is 13.6 Å². The predicted molar refractivity (Wildman–Crippen MR) is 75.9 cm³/mol. The van der Waals surface area contributed by atoms with E-state index in [1.54, 1.807) is 37.1 Å². The number of nitrogens with zero attached hydrogens (tertiary/aromatic N) is 1. The number of esters is 1. The van der Waals surface area contributed by atoms with E-state index in [4.69, 9.17) is 10.5 Å². The minimum absolute atomic E-state index is 0.121. The first-order valence-electron chi connectivity index (χ1n) is 6.90. The average molecular weight is 280 g/mol. The van der Waals surface area contributed by atoms with Crippen molar-refractivity contribution in [1.29, 1.82) is 0 Å². The van der Waals surface area contributed by atoms with Crippen LogP contribution in [0.1, 0.15) is 19.8 Å². The lowest BCUT2D eigenvalue weighted by Gasteiger charge is -2.32. The highest BCUT2D eigenvalue weighted by Gasteiger charge is 2.50. The smallest absolute Gasteiger partial charge is 0.328 e. The number of hydrogen-bond donors (Lipinski definition) is 1. The summed E-state index contributed by atoms with van der Waals surface area (Å²) in [5.41, 5.74) is 5.66. The minimum atomic E-state index is -1.06. The zero-order chi connectivity index (χ0) is 14.8. The summed E-state index contributed by atoms with van der Waals surface area (Å²) >= 11 is 0. The van der Waals surface area contributed by atoms with E-state index in [1.807, 2.05) is 0 Å². The van der Waals surface area contributed by atoms with Crippen molar-refractivity contribution < 1.29 is 13.9 Å². The fourth-order valence-corrected chi connectivity index (χ4v) is 2.46. The number of carbonyl (C=O) groups excluding carboxylic acids is 1. The first kappa shape index (κ1) is 14.8. The molecule has 0 heterocycles. The number of ether oxygens (including phenoxy) is 1. The van der Waals surface area contributed by atoms with Crippen LogP contribution in [0, 0.1) is 11.7 Å². The van der Waals surface area contributed by atoms with Crippen molar-refractivity contribution in [2.45, 2.75) is 25.3 Å². The summed E-state index contributed by atoms with van der Waals surface area (Å²) in [4.78, 5) is 13.8. The van der Waals surface area contributed by atoms with Crippen LogP contribution >= 0.6 is 0 Å².